The molecule has 0 aliphatic carbocycles. The Labute approximate surface area is 126 Å². The lowest BCUT2D eigenvalue weighted by Gasteiger charge is -2.09. The van der Waals surface area contributed by atoms with Crippen molar-refractivity contribution in [2.45, 2.75) is 17.4 Å². The number of hydrogen-bond donors (Lipinski definition) is 3. The third-order valence-electron chi connectivity index (χ3n) is 2.58. The number of carboxylic acids is 1. The quantitative estimate of drug-likeness (QED) is 0.688. The van der Waals surface area contributed by atoms with Gasteiger partial charge < -0.3 is 15.5 Å². The Hall–Kier alpha value is -1.64. The molecule has 116 valence electrons. The second kappa shape index (κ2) is 6.88. The van der Waals surface area contributed by atoms with Gasteiger partial charge in [0.1, 0.15) is 0 Å². The van der Waals surface area contributed by atoms with Crippen molar-refractivity contribution in [1.29, 1.82) is 0 Å². The van der Waals surface area contributed by atoms with E-state index in [9.17, 15) is 18.0 Å². The number of aliphatic hydroxyl groups is 1. The zero-order valence-corrected chi connectivity index (χ0v) is 12.6. The number of carboxylic acid groups (broad SMARTS) is 1. The molecule has 1 aromatic carbocycles. The van der Waals surface area contributed by atoms with Crippen LogP contribution in [0.2, 0.25) is 5.02 Å². The maximum Gasteiger partial charge on any atom is 0.332 e. The monoisotopic (exact) mass is 335 g/mol. The highest BCUT2D eigenvalue weighted by Gasteiger charge is 2.17. The zero-order valence-electron chi connectivity index (χ0n) is 11.0. The van der Waals surface area contributed by atoms with E-state index >= 15 is 0 Å². The van der Waals surface area contributed by atoms with Gasteiger partial charge in [-0.05, 0) is 18.2 Å². The second-order valence-corrected chi connectivity index (χ2v) is 6.71. The summed E-state index contributed by atoms with van der Waals surface area (Å²) < 4.78 is 23.0. The Morgan fingerprint density at radius 1 is 1.38 bits per heavy atom. The molecule has 0 saturated carbocycles. The summed E-state index contributed by atoms with van der Waals surface area (Å²) >= 11 is 5.76. The van der Waals surface area contributed by atoms with Gasteiger partial charge in [-0.1, -0.05) is 11.6 Å². The van der Waals surface area contributed by atoms with E-state index < -0.39 is 27.8 Å². The number of hydrogen-bond acceptors (Lipinski definition) is 5. The molecule has 0 saturated heterocycles. The van der Waals surface area contributed by atoms with E-state index in [1.165, 1.54) is 12.1 Å². The molecule has 0 aliphatic rings. The van der Waals surface area contributed by atoms with E-state index in [0.29, 0.717) is 0 Å². The molecular formula is C12H14ClNO6S. The summed E-state index contributed by atoms with van der Waals surface area (Å²) in [7, 11) is -3.56. The molecule has 0 aromatic heterocycles. The first-order valence-electron chi connectivity index (χ1n) is 5.81. The first-order chi connectivity index (χ1) is 9.62. The number of nitrogens with one attached hydrogen (secondary N) is 1. The van der Waals surface area contributed by atoms with Crippen LogP contribution in [0.1, 0.15) is 16.8 Å². The van der Waals surface area contributed by atoms with Crippen molar-refractivity contribution < 1.29 is 28.2 Å². The van der Waals surface area contributed by atoms with Crippen LogP contribution in [-0.2, 0) is 14.6 Å². The zero-order chi connectivity index (χ0) is 16.2. The number of benzene rings is 1. The van der Waals surface area contributed by atoms with Gasteiger partial charge in [0.05, 0.1) is 9.92 Å². The summed E-state index contributed by atoms with van der Waals surface area (Å²) in [4.78, 5) is 22.0. The van der Waals surface area contributed by atoms with Crippen LogP contribution in [0.3, 0.4) is 0 Å². The lowest BCUT2D eigenvalue weighted by molar-refractivity contribution is -0.146. The number of aliphatic hydroxyl groups excluding tert-OH is 1. The van der Waals surface area contributed by atoms with Crippen molar-refractivity contribution in [2.24, 2.45) is 0 Å². The molecule has 0 aliphatic heterocycles. The van der Waals surface area contributed by atoms with E-state index in [1.807, 2.05) is 0 Å². The predicted molar refractivity (Wildman–Crippen MR) is 75.2 cm³/mol. The molecule has 0 fully saturated rings. The van der Waals surface area contributed by atoms with Crippen molar-refractivity contribution in [3.63, 3.8) is 0 Å². The standard InChI is InChI=1S/C12H14ClNO6S/c1-21(19,20)10-6-7(2-3-8(10)13)11(16)14-5-4-9(15)12(17)18/h2-3,6,9,15H,4-5H2,1H3,(H,14,16)(H,17,18)/t9-/m0/s1. The summed E-state index contributed by atoms with van der Waals surface area (Å²) in [5.41, 5.74) is 0.0737. The van der Waals surface area contributed by atoms with Gasteiger partial charge in [0.25, 0.3) is 5.91 Å². The summed E-state index contributed by atoms with van der Waals surface area (Å²) in [5.74, 6) is -1.97. The second-order valence-electron chi connectivity index (χ2n) is 4.32. The van der Waals surface area contributed by atoms with Crippen LogP contribution in [0.15, 0.2) is 23.1 Å². The Morgan fingerprint density at radius 2 is 2.00 bits per heavy atom. The van der Waals surface area contributed by atoms with Gasteiger partial charge in [-0.15, -0.1) is 0 Å². The van der Waals surface area contributed by atoms with Gasteiger partial charge in [-0.25, -0.2) is 13.2 Å². The van der Waals surface area contributed by atoms with Crippen molar-refractivity contribution in [3.8, 4) is 0 Å². The molecular weight excluding hydrogens is 322 g/mol. The molecule has 1 aromatic rings. The summed E-state index contributed by atoms with van der Waals surface area (Å²) in [6, 6.07) is 3.78. The molecule has 0 heterocycles. The molecule has 9 heteroatoms. The van der Waals surface area contributed by atoms with Crippen molar-refractivity contribution >= 4 is 33.3 Å². The topological polar surface area (TPSA) is 121 Å². The fourth-order valence-corrected chi connectivity index (χ4v) is 2.78. The Morgan fingerprint density at radius 3 is 2.52 bits per heavy atom. The fourth-order valence-electron chi connectivity index (χ4n) is 1.48. The Kier molecular flexibility index (Phi) is 5.70. The lowest BCUT2D eigenvalue weighted by atomic mass is 10.2. The fraction of sp³-hybridized carbons (Fsp3) is 0.333. The predicted octanol–water partition coefficient (Wildman–Crippen LogP) is 0.309. The smallest absolute Gasteiger partial charge is 0.332 e. The highest BCUT2D eigenvalue weighted by Crippen LogP contribution is 2.22. The number of halogens is 1. The summed E-state index contributed by atoms with van der Waals surface area (Å²) in [6.07, 6.45) is -0.755. The first-order valence-corrected chi connectivity index (χ1v) is 8.08. The maximum absolute atomic E-state index is 11.8. The van der Waals surface area contributed by atoms with Crippen LogP contribution >= 0.6 is 11.6 Å². The first kappa shape index (κ1) is 17.4. The van der Waals surface area contributed by atoms with Gasteiger partial charge in [0.15, 0.2) is 15.9 Å². The average molecular weight is 336 g/mol. The highest BCUT2D eigenvalue weighted by atomic mass is 35.5. The van der Waals surface area contributed by atoms with E-state index in [0.717, 1.165) is 12.3 Å². The molecule has 3 N–H and O–H groups in total. The van der Waals surface area contributed by atoms with Crippen LogP contribution in [0, 0.1) is 0 Å². The van der Waals surface area contributed by atoms with E-state index in [1.54, 1.807) is 0 Å². The van der Waals surface area contributed by atoms with Crippen LogP contribution in [0.5, 0.6) is 0 Å². The van der Waals surface area contributed by atoms with Crippen LogP contribution in [0.25, 0.3) is 0 Å². The molecule has 0 radical (unpaired) electrons. The largest absolute Gasteiger partial charge is 0.479 e. The lowest BCUT2D eigenvalue weighted by Crippen LogP contribution is -2.30. The highest BCUT2D eigenvalue weighted by molar-refractivity contribution is 7.90. The van der Waals surface area contributed by atoms with E-state index in [-0.39, 0.29) is 28.4 Å². The minimum atomic E-state index is -3.56. The number of sulfone groups is 1. The maximum atomic E-state index is 11.8. The normalized spacial score (nSPS) is 12.7. The van der Waals surface area contributed by atoms with Crippen LogP contribution in [-0.4, -0.2) is 49.4 Å². The minimum Gasteiger partial charge on any atom is -0.479 e. The Balaban J connectivity index is 2.78. The van der Waals surface area contributed by atoms with Crippen LogP contribution < -0.4 is 5.32 Å². The molecule has 7 nitrogen and oxygen atoms in total. The summed E-state index contributed by atoms with van der Waals surface area (Å²) in [5, 5.41) is 19.9. The van der Waals surface area contributed by atoms with Gasteiger partial charge in [-0.3, -0.25) is 4.79 Å². The SMILES string of the molecule is CS(=O)(=O)c1cc(C(=O)NCC[C@H](O)C(=O)O)ccc1Cl. The average Bonchev–Trinajstić information content (AvgIpc) is 2.37. The van der Waals surface area contributed by atoms with Crippen molar-refractivity contribution in [2.75, 3.05) is 12.8 Å². The third kappa shape index (κ3) is 5.00. The molecule has 1 atom stereocenters. The van der Waals surface area contributed by atoms with Gasteiger partial charge in [0, 0.05) is 24.8 Å². The molecule has 1 amide bonds. The Bertz CT molecular complexity index is 658. The van der Waals surface area contributed by atoms with Gasteiger partial charge in [-0.2, -0.15) is 0 Å². The summed E-state index contributed by atoms with van der Waals surface area (Å²) in [6.45, 7) is -0.0663. The van der Waals surface area contributed by atoms with E-state index in [2.05, 4.69) is 5.32 Å². The number of aliphatic carboxylic acids is 1. The van der Waals surface area contributed by atoms with Crippen molar-refractivity contribution in [1.82, 2.24) is 5.32 Å². The third-order valence-corrected chi connectivity index (χ3v) is 4.16. The molecule has 0 bridgehead atoms. The van der Waals surface area contributed by atoms with E-state index in [4.69, 9.17) is 21.8 Å². The van der Waals surface area contributed by atoms with Gasteiger partial charge >= 0.3 is 5.97 Å². The molecule has 21 heavy (non-hydrogen) atoms. The molecule has 0 spiro atoms. The number of carbonyl (C=O) groups excluding carboxylic acids is 1. The molecule has 1 rings (SSSR count). The van der Waals surface area contributed by atoms with Gasteiger partial charge in [0.2, 0.25) is 0 Å². The number of amides is 1. The molecule has 0 unspecified atom stereocenters. The van der Waals surface area contributed by atoms with Crippen molar-refractivity contribution in [3.05, 3.63) is 28.8 Å². The minimum absolute atomic E-state index is 0.00958. The van der Waals surface area contributed by atoms with Crippen LogP contribution in [0.4, 0.5) is 0 Å². The number of carbonyl (C=O) groups is 2. The number of rotatable bonds is 6.